The molecule has 4 heteroatoms. The van der Waals surface area contributed by atoms with Gasteiger partial charge in [-0.2, -0.15) is 5.26 Å². The lowest BCUT2D eigenvalue weighted by Gasteiger charge is -2.06. The summed E-state index contributed by atoms with van der Waals surface area (Å²) in [6.45, 7) is 3.02. The van der Waals surface area contributed by atoms with Gasteiger partial charge >= 0.3 is 0 Å². The summed E-state index contributed by atoms with van der Waals surface area (Å²) in [4.78, 5) is 11.8. The largest absolute Gasteiger partial charge is 0.489 e. The number of benzene rings is 2. The Kier molecular flexibility index (Phi) is 6.60. The van der Waals surface area contributed by atoms with Crippen LogP contribution in [0.25, 0.3) is 6.08 Å². The minimum atomic E-state index is -0.344. The summed E-state index contributed by atoms with van der Waals surface area (Å²) in [6, 6.07) is 19.2. The van der Waals surface area contributed by atoms with Gasteiger partial charge in [-0.15, -0.1) is 0 Å². The number of ether oxygens (including phenoxy) is 1. The van der Waals surface area contributed by atoms with Gasteiger partial charge in [0.15, 0.2) is 0 Å². The fourth-order valence-corrected chi connectivity index (χ4v) is 2.05. The Hall–Kier alpha value is -3.06. The SMILES string of the molecule is CCCNC(=O)/C(C#N)=C\c1ccc(OCc2ccccc2)cc1. The van der Waals surface area contributed by atoms with Crippen molar-refractivity contribution in [1.29, 1.82) is 5.26 Å². The number of hydrogen-bond acceptors (Lipinski definition) is 3. The highest BCUT2D eigenvalue weighted by atomic mass is 16.5. The molecule has 0 radical (unpaired) electrons. The molecule has 24 heavy (non-hydrogen) atoms. The Morgan fingerprint density at radius 2 is 1.88 bits per heavy atom. The molecule has 1 N–H and O–H groups in total. The third kappa shape index (κ3) is 5.29. The Morgan fingerprint density at radius 1 is 1.17 bits per heavy atom. The van der Waals surface area contributed by atoms with Crippen LogP contribution in [0, 0.1) is 11.3 Å². The highest BCUT2D eigenvalue weighted by Gasteiger charge is 2.07. The van der Waals surface area contributed by atoms with Gasteiger partial charge in [-0.25, -0.2) is 0 Å². The molecule has 0 aromatic heterocycles. The first-order valence-electron chi connectivity index (χ1n) is 7.89. The third-order valence-electron chi connectivity index (χ3n) is 3.34. The highest BCUT2D eigenvalue weighted by Crippen LogP contribution is 2.16. The van der Waals surface area contributed by atoms with E-state index in [-0.39, 0.29) is 11.5 Å². The number of hydrogen-bond donors (Lipinski definition) is 1. The van der Waals surface area contributed by atoms with E-state index in [9.17, 15) is 4.79 Å². The zero-order valence-electron chi connectivity index (χ0n) is 13.7. The molecule has 0 fully saturated rings. The van der Waals surface area contributed by atoms with Crippen molar-refractivity contribution in [2.45, 2.75) is 20.0 Å². The molecule has 2 rings (SSSR count). The molecular weight excluding hydrogens is 300 g/mol. The minimum Gasteiger partial charge on any atom is -0.489 e. The van der Waals surface area contributed by atoms with Gasteiger partial charge in [0.2, 0.25) is 0 Å². The first-order chi connectivity index (χ1) is 11.7. The maximum absolute atomic E-state index is 11.8. The molecule has 0 saturated carbocycles. The number of nitrogens with one attached hydrogen (secondary N) is 1. The van der Waals surface area contributed by atoms with Crippen molar-refractivity contribution in [3.05, 3.63) is 71.3 Å². The lowest BCUT2D eigenvalue weighted by Crippen LogP contribution is -2.25. The molecular formula is C20H20N2O2. The molecule has 0 bridgehead atoms. The molecule has 122 valence electrons. The van der Waals surface area contributed by atoms with Crippen molar-refractivity contribution >= 4 is 12.0 Å². The normalized spacial score (nSPS) is 10.8. The van der Waals surface area contributed by atoms with Crippen molar-refractivity contribution in [2.24, 2.45) is 0 Å². The zero-order valence-corrected chi connectivity index (χ0v) is 13.7. The average molecular weight is 320 g/mol. The minimum absolute atomic E-state index is 0.0985. The standard InChI is InChI=1S/C20H20N2O2/c1-2-12-22-20(23)18(14-21)13-16-8-10-19(11-9-16)24-15-17-6-4-3-5-7-17/h3-11,13H,2,12,15H2,1H3,(H,22,23)/b18-13-. The van der Waals surface area contributed by atoms with E-state index in [0.717, 1.165) is 23.3 Å². The molecule has 0 aliphatic rings. The van der Waals surface area contributed by atoms with Gasteiger partial charge in [-0.3, -0.25) is 4.79 Å². The van der Waals surface area contributed by atoms with E-state index in [1.165, 1.54) is 0 Å². The van der Waals surface area contributed by atoms with Crippen LogP contribution in [0.15, 0.2) is 60.2 Å². The van der Waals surface area contributed by atoms with E-state index in [1.54, 1.807) is 6.08 Å². The van der Waals surface area contributed by atoms with Crippen LogP contribution in [0.4, 0.5) is 0 Å². The van der Waals surface area contributed by atoms with Gasteiger partial charge < -0.3 is 10.1 Å². The molecule has 0 atom stereocenters. The summed E-state index contributed by atoms with van der Waals surface area (Å²) in [7, 11) is 0. The topological polar surface area (TPSA) is 62.1 Å². The van der Waals surface area contributed by atoms with Crippen LogP contribution in [0.5, 0.6) is 5.75 Å². The Bertz CT molecular complexity index is 728. The van der Waals surface area contributed by atoms with E-state index in [2.05, 4.69) is 5.32 Å². The summed E-state index contributed by atoms with van der Waals surface area (Å²) in [5.74, 6) is 0.397. The molecule has 0 heterocycles. The van der Waals surface area contributed by atoms with Crippen LogP contribution < -0.4 is 10.1 Å². The fraction of sp³-hybridized carbons (Fsp3) is 0.200. The summed E-state index contributed by atoms with van der Waals surface area (Å²) in [6.07, 6.45) is 2.41. The molecule has 0 spiro atoms. The predicted molar refractivity (Wildman–Crippen MR) is 94.1 cm³/mol. The zero-order chi connectivity index (χ0) is 17.2. The summed E-state index contributed by atoms with van der Waals surface area (Å²) in [5.41, 5.74) is 1.98. The summed E-state index contributed by atoms with van der Waals surface area (Å²) in [5, 5.41) is 11.8. The second kappa shape index (κ2) is 9.16. The first-order valence-corrected chi connectivity index (χ1v) is 7.89. The van der Waals surface area contributed by atoms with Crippen LogP contribution in [0.1, 0.15) is 24.5 Å². The van der Waals surface area contributed by atoms with E-state index >= 15 is 0 Å². The molecule has 0 aliphatic carbocycles. The quantitative estimate of drug-likeness (QED) is 0.625. The van der Waals surface area contributed by atoms with Crippen LogP contribution in [-0.4, -0.2) is 12.5 Å². The predicted octanol–water partition coefficient (Wildman–Crippen LogP) is 3.70. The van der Waals surface area contributed by atoms with E-state index in [1.807, 2.05) is 67.6 Å². The van der Waals surface area contributed by atoms with Crippen LogP contribution in [0.3, 0.4) is 0 Å². The van der Waals surface area contributed by atoms with Crippen LogP contribution >= 0.6 is 0 Å². The van der Waals surface area contributed by atoms with Crippen molar-refractivity contribution in [3.63, 3.8) is 0 Å². The molecule has 0 aliphatic heterocycles. The second-order valence-electron chi connectivity index (χ2n) is 5.27. The number of rotatable bonds is 7. The number of amides is 1. The molecule has 2 aromatic rings. The van der Waals surface area contributed by atoms with Crippen molar-refractivity contribution < 1.29 is 9.53 Å². The van der Waals surface area contributed by atoms with Gasteiger partial charge in [0.1, 0.15) is 24.0 Å². The number of carbonyl (C=O) groups is 1. The first kappa shape index (κ1) is 17.3. The van der Waals surface area contributed by atoms with Crippen LogP contribution in [-0.2, 0) is 11.4 Å². The van der Waals surface area contributed by atoms with E-state index < -0.39 is 0 Å². The molecule has 4 nitrogen and oxygen atoms in total. The Labute approximate surface area is 142 Å². The van der Waals surface area contributed by atoms with Gasteiger partial charge in [0.05, 0.1) is 0 Å². The van der Waals surface area contributed by atoms with E-state index in [4.69, 9.17) is 10.00 Å². The second-order valence-corrected chi connectivity index (χ2v) is 5.27. The monoisotopic (exact) mass is 320 g/mol. The lowest BCUT2D eigenvalue weighted by atomic mass is 10.1. The lowest BCUT2D eigenvalue weighted by molar-refractivity contribution is -0.117. The maximum atomic E-state index is 11.8. The molecule has 2 aromatic carbocycles. The Morgan fingerprint density at radius 3 is 2.50 bits per heavy atom. The summed E-state index contributed by atoms with van der Waals surface area (Å²) < 4.78 is 5.71. The molecule has 0 saturated heterocycles. The maximum Gasteiger partial charge on any atom is 0.261 e. The Balaban J connectivity index is 1.99. The van der Waals surface area contributed by atoms with Gasteiger partial charge in [0.25, 0.3) is 5.91 Å². The molecule has 0 unspecified atom stereocenters. The number of nitriles is 1. The highest BCUT2D eigenvalue weighted by molar-refractivity contribution is 6.01. The van der Waals surface area contributed by atoms with Crippen molar-refractivity contribution in [3.8, 4) is 11.8 Å². The smallest absolute Gasteiger partial charge is 0.261 e. The van der Waals surface area contributed by atoms with Crippen LogP contribution in [0.2, 0.25) is 0 Å². The van der Waals surface area contributed by atoms with Gasteiger partial charge in [-0.1, -0.05) is 49.4 Å². The fourth-order valence-electron chi connectivity index (χ4n) is 2.05. The number of nitrogens with zero attached hydrogens (tertiary/aromatic N) is 1. The third-order valence-corrected chi connectivity index (χ3v) is 3.34. The van der Waals surface area contributed by atoms with Gasteiger partial charge in [0, 0.05) is 6.54 Å². The molecule has 1 amide bonds. The van der Waals surface area contributed by atoms with Crippen molar-refractivity contribution in [1.82, 2.24) is 5.32 Å². The average Bonchev–Trinajstić information content (AvgIpc) is 2.64. The van der Waals surface area contributed by atoms with Crippen molar-refractivity contribution in [2.75, 3.05) is 6.54 Å². The summed E-state index contributed by atoms with van der Waals surface area (Å²) >= 11 is 0. The number of carbonyl (C=O) groups excluding carboxylic acids is 1. The van der Waals surface area contributed by atoms with Gasteiger partial charge in [-0.05, 0) is 35.8 Å². The van der Waals surface area contributed by atoms with E-state index in [0.29, 0.717) is 13.2 Å².